The molecule has 2 aromatic rings. The van der Waals surface area contributed by atoms with Crippen molar-refractivity contribution in [1.29, 1.82) is 0 Å². The van der Waals surface area contributed by atoms with Crippen molar-refractivity contribution in [1.82, 2.24) is 5.32 Å². The van der Waals surface area contributed by atoms with Crippen molar-refractivity contribution in [2.75, 3.05) is 19.0 Å². The lowest BCUT2D eigenvalue weighted by atomic mass is 9.86. The van der Waals surface area contributed by atoms with Crippen LogP contribution in [0.15, 0.2) is 30.3 Å². The first kappa shape index (κ1) is 22.1. The van der Waals surface area contributed by atoms with Crippen LogP contribution >= 0.6 is 12.4 Å². The maximum Gasteiger partial charge on any atom is 0.246 e. The average Bonchev–Trinajstić information content (AvgIpc) is 2.58. The van der Waals surface area contributed by atoms with E-state index < -0.39 is 23.1 Å². The number of ether oxygens (including phenoxy) is 1. The van der Waals surface area contributed by atoms with Crippen molar-refractivity contribution in [3.63, 3.8) is 0 Å². The van der Waals surface area contributed by atoms with E-state index >= 15 is 0 Å². The molecular weight excluding hydrogens is 386 g/mol. The first-order chi connectivity index (χ1) is 12.7. The molecule has 2 N–H and O–H groups in total. The molecule has 0 aromatic heterocycles. The van der Waals surface area contributed by atoms with Gasteiger partial charge in [-0.3, -0.25) is 4.79 Å². The quantitative estimate of drug-likeness (QED) is 0.782. The Labute approximate surface area is 170 Å². The van der Waals surface area contributed by atoms with E-state index in [0.29, 0.717) is 6.54 Å². The highest BCUT2D eigenvalue weighted by Crippen LogP contribution is 2.31. The highest BCUT2D eigenvalue weighted by molar-refractivity contribution is 5.96. The number of carbonyl (C=O) groups excluding carboxylic acids is 1. The molecule has 0 radical (unpaired) electrons. The summed E-state index contributed by atoms with van der Waals surface area (Å²) < 4.78 is 34.0. The van der Waals surface area contributed by atoms with Gasteiger partial charge in [0.05, 0.1) is 7.11 Å². The van der Waals surface area contributed by atoms with Gasteiger partial charge in [-0.25, -0.2) is 8.78 Å². The third-order valence-corrected chi connectivity index (χ3v) is 4.73. The van der Waals surface area contributed by atoms with Crippen LogP contribution in [0, 0.1) is 11.6 Å². The third kappa shape index (κ3) is 4.45. The van der Waals surface area contributed by atoms with Gasteiger partial charge in [-0.05, 0) is 47.2 Å². The number of nitrogens with one attached hydrogen (secondary N) is 2. The monoisotopic (exact) mass is 410 g/mol. The maximum absolute atomic E-state index is 14.4. The summed E-state index contributed by atoms with van der Waals surface area (Å²) in [5.41, 5.74) is 1.30. The summed E-state index contributed by atoms with van der Waals surface area (Å²) in [6.07, 6.45) is 0.778. The van der Waals surface area contributed by atoms with Crippen LogP contribution in [-0.4, -0.2) is 19.6 Å². The number of methoxy groups -OCH3 is 1. The minimum atomic E-state index is -0.667. The number of fused-ring (bicyclic) bond motifs is 1. The SMILES string of the molecule is COc1ccc2c(c1)CCN[C@H]2C(=O)Nc1cc(F)c(C(C)(C)C)c(F)c1.Cl. The Hall–Kier alpha value is -2.18. The van der Waals surface area contributed by atoms with E-state index in [0.717, 1.165) is 23.3 Å². The predicted molar refractivity (Wildman–Crippen MR) is 108 cm³/mol. The number of hydrogen-bond acceptors (Lipinski definition) is 3. The molecule has 4 nitrogen and oxygen atoms in total. The van der Waals surface area contributed by atoms with Crippen molar-refractivity contribution in [2.24, 2.45) is 0 Å². The van der Waals surface area contributed by atoms with Crippen molar-refractivity contribution in [3.05, 3.63) is 58.7 Å². The molecule has 1 aliphatic heterocycles. The smallest absolute Gasteiger partial charge is 0.246 e. The number of hydrogen-bond donors (Lipinski definition) is 2. The molecule has 0 saturated heterocycles. The van der Waals surface area contributed by atoms with E-state index in [1.54, 1.807) is 33.9 Å². The fraction of sp³-hybridized carbons (Fsp3) is 0.381. The summed E-state index contributed by atoms with van der Waals surface area (Å²) in [4.78, 5) is 12.7. The van der Waals surface area contributed by atoms with Gasteiger partial charge in [-0.1, -0.05) is 26.8 Å². The van der Waals surface area contributed by atoms with Crippen LogP contribution in [0.2, 0.25) is 0 Å². The van der Waals surface area contributed by atoms with Gasteiger partial charge < -0.3 is 15.4 Å². The summed E-state index contributed by atoms with van der Waals surface area (Å²) in [5.74, 6) is -0.959. The molecule has 0 bridgehead atoms. The molecule has 0 fully saturated rings. The van der Waals surface area contributed by atoms with Crippen LogP contribution in [-0.2, 0) is 16.6 Å². The Morgan fingerprint density at radius 3 is 2.39 bits per heavy atom. The van der Waals surface area contributed by atoms with Gasteiger partial charge in [0.15, 0.2) is 0 Å². The molecule has 0 aliphatic carbocycles. The zero-order chi connectivity index (χ0) is 19.8. The fourth-order valence-corrected chi connectivity index (χ4v) is 3.48. The molecule has 0 spiro atoms. The van der Waals surface area contributed by atoms with E-state index in [4.69, 9.17) is 4.74 Å². The first-order valence-electron chi connectivity index (χ1n) is 8.91. The second-order valence-electron chi connectivity index (χ2n) is 7.76. The molecule has 3 rings (SSSR count). The fourth-order valence-electron chi connectivity index (χ4n) is 3.48. The van der Waals surface area contributed by atoms with Gasteiger partial charge in [-0.15, -0.1) is 12.4 Å². The van der Waals surface area contributed by atoms with E-state index in [1.165, 1.54) is 12.1 Å². The molecule has 1 atom stereocenters. The van der Waals surface area contributed by atoms with Crippen molar-refractivity contribution >= 4 is 24.0 Å². The minimum Gasteiger partial charge on any atom is -0.497 e. The Morgan fingerprint density at radius 1 is 1.18 bits per heavy atom. The van der Waals surface area contributed by atoms with Crippen LogP contribution < -0.4 is 15.4 Å². The normalized spacial score (nSPS) is 16.0. The Kier molecular flexibility index (Phi) is 6.67. The minimum absolute atomic E-state index is 0. The van der Waals surface area contributed by atoms with Crippen LogP contribution in [0.25, 0.3) is 0 Å². The van der Waals surface area contributed by atoms with E-state index in [1.807, 2.05) is 12.1 Å². The number of carbonyl (C=O) groups is 1. The molecule has 0 unspecified atom stereocenters. The van der Waals surface area contributed by atoms with Crippen molar-refractivity contribution < 1.29 is 18.3 Å². The van der Waals surface area contributed by atoms with E-state index in [2.05, 4.69) is 10.6 Å². The van der Waals surface area contributed by atoms with Gasteiger partial charge in [-0.2, -0.15) is 0 Å². The number of benzene rings is 2. The van der Waals surface area contributed by atoms with Crippen LogP contribution in [0.3, 0.4) is 0 Å². The Balaban J connectivity index is 0.00000280. The lowest BCUT2D eigenvalue weighted by Crippen LogP contribution is -2.38. The molecule has 7 heteroatoms. The zero-order valence-corrected chi connectivity index (χ0v) is 17.2. The number of rotatable bonds is 3. The molecule has 2 aromatic carbocycles. The van der Waals surface area contributed by atoms with Crippen molar-refractivity contribution in [2.45, 2.75) is 38.6 Å². The molecular formula is C21H25ClF2N2O2. The number of halogens is 3. The zero-order valence-electron chi connectivity index (χ0n) is 16.4. The molecule has 152 valence electrons. The van der Waals surface area contributed by atoms with Gasteiger partial charge in [0, 0.05) is 17.8 Å². The number of anilines is 1. The summed E-state index contributed by atoms with van der Waals surface area (Å²) in [6.45, 7) is 5.85. The average molecular weight is 411 g/mol. The van der Waals surface area contributed by atoms with Crippen molar-refractivity contribution in [3.8, 4) is 5.75 Å². The second-order valence-corrected chi connectivity index (χ2v) is 7.76. The highest BCUT2D eigenvalue weighted by atomic mass is 35.5. The standard InChI is InChI=1S/C21H24F2N2O2.ClH/c1-21(2,3)18-16(22)10-13(11-17(18)23)25-20(26)19-15-6-5-14(27-4)9-12(15)7-8-24-19;/h5-6,9-11,19,24H,7-8H2,1-4H3,(H,25,26);1H/t19-;/m1./s1. The third-order valence-electron chi connectivity index (χ3n) is 4.73. The van der Waals surface area contributed by atoms with Gasteiger partial charge in [0.1, 0.15) is 23.4 Å². The highest BCUT2D eigenvalue weighted by Gasteiger charge is 2.28. The molecule has 1 heterocycles. The largest absolute Gasteiger partial charge is 0.497 e. The van der Waals surface area contributed by atoms with Crippen LogP contribution in [0.5, 0.6) is 5.75 Å². The van der Waals surface area contributed by atoms with Gasteiger partial charge >= 0.3 is 0 Å². The second kappa shape index (κ2) is 8.45. The molecule has 1 aliphatic rings. The summed E-state index contributed by atoms with van der Waals surface area (Å²) in [7, 11) is 1.59. The Morgan fingerprint density at radius 2 is 1.82 bits per heavy atom. The van der Waals surface area contributed by atoms with Gasteiger partial charge in [0.25, 0.3) is 0 Å². The van der Waals surface area contributed by atoms with E-state index in [-0.39, 0.29) is 29.6 Å². The summed E-state index contributed by atoms with van der Waals surface area (Å²) >= 11 is 0. The Bertz CT molecular complexity index is 858. The molecule has 1 amide bonds. The summed E-state index contributed by atoms with van der Waals surface area (Å²) in [5, 5.41) is 5.79. The number of amides is 1. The van der Waals surface area contributed by atoms with Crippen LogP contribution in [0.1, 0.15) is 43.5 Å². The predicted octanol–water partition coefficient (Wildman–Crippen LogP) is 4.52. The topological polar surface area (TPSA) is 50.4 Å². The van der Waals surface area contributed by atoms with Gasteiger partial charge in [0.2, 0.25) is 5.91 Å². The lowest BCUT2D eigenvalue weighted by molar-refractivity contribution is -0.118. The lowest BCUT2D eigenvalue weighted by Gasteiger charge is -2.27. The van der Waals surface area contributed by atoms with E-state index in [9.17, 15) is 13.6 Å². The maximum atomic E-state index is 14.4. The first-order valence-corrected chi connectivity index (χ1v) is 8.91. The molecule has 0 saturated carbocycles. The molecule has 28 heavy (non-hydrogen) atoms. The summed E-state index contributed by atoms with van der Waals surface area (Å²) in [6, 6.07) is 7.29. The van der Waals surface area contributed by atoms with Crippen LogP contribution in [0.4, 0.5) is 14.5 Å².